The first-order valence-corrected chi connectivity index (χ1v) is 5.89. The van der Waals surface area contributed by atoms with Crippen LogP contribution in [-0.4, -0.2) is 18.1 Å². The minimum atomic E-state index is -0.919. The van der Waals surface area contributed by atoms with Crippen LogP contribution in [0.2, 0.25) is 0 Å². The highest BCUT2D eigenvalue weighted by molar-refractivity contribution is 9.10. The maximum atomic E-state index is 11.4. The van der Waals surface area contributed by atoms with Gasteiger partial charge in [0.25, 0.3) is 0 Å². The number of hydrogen-bond acceptors (Lipinski definition) is 3. The Bertz CT molecular complexity index is 372. The van der Waals surface area contributed by atoms with Crippen LogP contribution < -0.4 is 5.73 Å². The number of ether oxygens (including phenoxy) is 1. The van der Waals surface area contributed by atoms with Crippen molar-refractivity contribution < 1.29 is 9.53 Å². The van der Waals surface area contributed by atoms with Crippen LogP contribution in [0.5, 0.6) is 0 Å². The van der Waals surface area contributed by atoms with Crippen molar-refractivity contribution in [3.8, 4) is 0 Å². The summed E-state index contributed by atoms with van der Waals surface area (Å²) in [4.78, 5) is 11.4. The van der Waals surface area contributed by atoms with Gasteiger partial charge in [-0.25, -0.2) is 0 Å². The van der Waals surface area contributed by atoms with Crippen LogP contribution in [0.3, 0.4) is 0 Å². The average Bonchev–Trinajstić information content (AvgIpc) is 2.16. The molecular weight excluding hydrogens is 270 g/mol. The molecule has 0 aliphatic rings. The Labute approximate surface area is 104 Å². The lowest BCUT2D eigenvalue weighted by Gasteiger charge is -2.16. The second-order valence-electron chi connectivity index (χ2n) is 4.24. The molecule has 0 spiro atoms. The highest BCUT2D eigenvalue weighted by atomic mass is 79.9. The number of halogens is 1. The number of esters is 1. The van der Waals surface area contributed by atoms with Gasteiger partial charge in [0, 0.05) is 10.9 Å². The average molecular weight is 286 g/mol. The predicted molar refractivity (Wildman–Crippen MR) is 67.1 cm³/mol. The maximum absolute atomic E-state index is 11.4. The molecule has 0 radical (unpaired) electrons. The van der Waals surface area contributed by atoms with Crippen LogP contribution in [0.25, 0.3) is 0 Å². The molecule has 16 heavy (non-hydrogen) atoms. The molecule has 0 atom stereocenters. The summed E-state index contributed by atoms with van der Waals surface area (Å²) in [5.41, 5.74) is 5.80. The Morgan fingerprint density at radius 2 is 2.19 bits per heavy atom. The number of rotatable bonds is 4. The monoisotopic (exact) mass is 285 g/mol. The zero-order chi connectivity index (χ0) is 12.2. The number of carbonyl (C=O) groups is 1. The van der Waals surface area contributed by atoms with Gasteiger partial charge in [-0.2, -0.15) is 0 Å². The van der Waals surface area contributed by atoms with Gasteiger partial charge in [0.1, 0.15) is 5.54 Å². The lowest BCUT2D eigenvalue weighted by Crippen LogP contribution is -2.43. The van der Waals surface area contributed by atoms with E-state index in [1.165, 1.54) is 0 Å². The van der Waals surface area contributed by atoms with Crippen LogP contribution >= 0.6 is 15.9 Å². The van der Waals surface area contributed by atoms with Crippen molar-refractivity contribution in [3.05, 3.63) is 34.3 Å². The number of hydrogen-bond donors (Lipinski definition) is 1. The van der Waals surface area contributed by atoms with Gasteiger partial charge in [-0.1, -0.05) is 28.1 Å². The standard InChI is InChI=1S/C12H16BrNO2/c1-12(2,14)11(15)16-7-6-9-4-3-5-10(13)8-9/h3-5,8H,6-7,14H2,1-2H3. The zero-order valence-corrected chi connectivity index (χ0v) is 11.1. The lowest BCUT2D eigenvalue weighted by molar-refractivity contribution is -0.148. The fourth-order valence-corrected chi connectivity index (χ4v) is 1.59. The van der Waals surface area contributed by atoms with Crippen LogP contribution in [0.15, 0.2) is 28.7 Å². The van der Waals surface area contributed by atoms with E-state index >= 15 is 0 Å². The van der Waals surface area contributed by atoms with Gasteiger partial charge in [-0.3, -0.25) is 4.79 Å². The van der Waals surface area contributed by atoms with E-state index in [4.69, 9.17) is 10.5 Å². The Hall–Kier alpha value is -0.870. The van der Waals surface area contributed by atoms with Gasteiger partial charge >= 0.3 is 5.97 Å². The van der Waals surface area contributed by atoms with Crippen molar-refractivity contribution >= 4 is 21.9 Å². The van der Waals surface area contributed by atoms with Gasteiger partial charge in [-0.05, 0) is 31.5 Å². The van der Waals surface area contributed by atoms with Gasteiger partial charge < -0.3 is 10.5 Å². The molecule has 0 bridgehead atoms. The van der Waals surface area contributed by atoms with Crippen LogP contribution in [-0.2, 0) is 16.0 Å². The van der Waals surface area contributed by atoms with E-state index < -0.39 is 5.54 Å². The SMILES string of the molecule is CC(C)(N)C(=O)OCCc1cccc(Br)c1. The van der Waals surface area contributed by atoms with E-state index in [0.29, 0.717) is 13.0 Å². The Morgan fingerprint density at radius 1 is 1.50 bits per heavy atom. The highest BCUT2D eigenvalue weighted by Gasteiger charge is 2.23. The minimum Gasteiger partial charge on any atom is -0.464 e. The third kappa shape index (κ3) is 4.33. The zero-order valence-electron chi connectivity index (χ0n) is 9.50. The first kappa shape index (κ1) is 13.2. The van der Waals surface area contributed by atoms with Crippen LogP contribution in [0, 0.1) is 0 Å². The Kier molecular flexibility index (Phi) is 4.50. The summed E-state index contributed by atoms with van der Waals surface area (Å²) in [7, 11) is 0. The van der Waals surface area contributed by atoms with Crippen molar-refractivity contribution in [1.29, 1.82) is 0 Å². The van der Waals surface area contributed by atoms with E-state index in [2.05, 4.69) is 15.9 Å². The molecule has 88 valence electrons. The van der Waals surface area contributed by atoms with Crippen molar-refractivity contribution in [2.75, 3.05) is 6.61 Å². The minimum absolute atomic E-state index is 0.357. The first-order valence-electron chi connectivity index (χ1n) is 5.10. The Balaban J connectivity index is 2.39. The fraction of sp³-hybridized carbons (Fsp3) is 0.417. The van der Waals surface area contributed by atoms with Crippen molar-refractivity contribution in [1.82, 2.24) is 0 Å². The Morgan fingerprint density at radius 3 is 2.75 bits per heavy atom. The second-order valence-corrected chi connectivity index (χ2v) is 5.15. The summed E-state index contributed by atoms with van der Waals surface area (Å²) in [5, 5.41) is 0. The van der Waals surface area contributed by atoms with E-state index in [1.54, 1.807) is 13.8 Å². The van der Waals surface area contributed by atoms with Crippen molar-refractivity contribution in [2.45, 2.75) is 25.8 Å². The van der Waals surface area contributed by atoms with Crippen LogP contribution in [0.4, 0.5) is 0 Å². The fourth-order valence-electron chi connectivity index (χ4n) is 1.14. The number of nitrogens with two attached hydrogens (primary N) is 1. The lowest BCUT2D eigenvalue weighted by atomic mass is 10.1. The second kappa shape index (κ2) is 5.46. The maximum Gasteiger partial charge on any atom is 0.325 e. The summed E-state index contributed by atoms with van der Waals surface area (Å²) < 4.78 is 6.09. The molecule has 3 nitrogen and oxygen atoms in total. The molecule has 0 heterocycles. The summed E-state index contributed by atoms with van der Waals surface area (Å²) in [6.45, 7) is 3.62. The largest absolute Gasteiger partial charge is 0.464 e. The third-order valence-corrected chi connectivity index (χ3v) is 2.53. The van der Waals surface area contributed by atoms with Crippen molar-refractivity contribution in [2.24, 2.45) is 5.73 Å². The molecule has 1 aromatic rings. The molecule has 2 N–H and O–H groups in total. The number of carbonyl (C=O) groups excluding carboxylic acids is 1. The summed E-state index contributed by atoms with van der Waals surface area (Å²) in [6, 6.07) is 7.90. The predicted octanol–water partition coefficient (Wildman–Crippen LogP) is 2.27. The third-order valence-electron chi connectivity index (χ3n) is 2.04. The molecule has 1 rings (SSSR count). The first-order chi connectivity index (χ1) is 7.39. The van der Waals surface area contributed by atoms with Gasteiger partial charge in [-0.15, -0.1) is 0 Å². The topological polar surface area (TPSA) is 52.3 Å². The number of benzene rings is 1. The molecule has 0 unspecified atom stereocenters. The van der Waals surface area contributed by atoms with E-state index in [1.807, 2.05) is 24.3 Å². The van der Waals surface area contributed by atoms with Gasteiger partial charge in [0.15, 0.2) is 0 Å². The molecule has 0 fully saturated rings. The van der Waals surface area contributed by atoms with Gasteiger partial charge in [0.05, 0.1) is 6.61 Å². The normalized spacial score (nSPS) is 11.2. The van der Waals surface area contributed by atoms with E-state index in [9.17, 15) is 4.79 Å². The van der Waals surface area contributed by atoms with Gasteiger partial charge in [0.2, 0.25) is 0 Å². The van der Waals surface area contributed by atoms with E-state index in [0.717, 1.165) is 10.0 Å². The molecule has 1 aromatic carbocycles. The van der Waals surface area contributed by atoms with Crippen molar-refractivity contribution in [3.63, 3.8) is 0 Å². The molecule has 0 amide bonds. The highest BCUT2D eigenvalue weighted by Crippen LogP contribution is 2.12. The molecule has 0 aliphatic carbocycles. The molecule has 0 aromatic heterocycles. The smallest absolute Gasteiger partial charge is 0.325 e. The summed E-state index contributed by atoms with van der Waals surface area (Å²) >= 11 is 3.39. The van der Waals surface area contributed by atoms with Crippen LogP contribution in [0.1, 0.15) is 19.4 Å². The molecule has 0 saturated carbocycles. The molecular formula is C12H16BrNO2. The molecule has 0 saturated heterocycles. The quantitative estimate of drug-likeness (QED) is 0.864. The van der Waals surface area contributed by atoms with E-state index in [-0.39, 0.29) is 5.97 Å². The summed E-state index contributed by atoms with van der Waals surface area (Å²) in [5.74, 6) is -0.373. The summed E-state index contributed by atoms with van der Waals surface area (Å²) in [6.07, 6.45) is 0.696. The molecule has 0 aliphatic heterocycles. The molecule has 4 heteroatoms.